The summed E-state index contributed by atoms with van der Waals surface area (Å²) in [5, 5.41) is 0. The second kappa shape index (κ2) is 5.85. The molecule has 0 amide bonds. The maximum Gasteiger partial charge on any atom is 0.150 e. The Labute approximate surface area is 93.3 Å². The van der Waals surface area contributed by atoms with Crippen LogP contribution in [0, 0.1) is 11.8 Å². The van der Waals surface area contributed by atoms with Gasteiger partial charge in [0.05, 0.1) is 11.5 Å². The highest BCUT2D eigenvalue weighted by atomic mass is 32.2. The lowest BCUT2D eigenvalue weighted by Crippen LogP contribution is -2.26. The van der Waals surface area contributed by atoms with Crippen molar-refractivity contribution < 1.29 is 8.42 Å². The lowest BCUT2D eigenvalue weighted by Gasteiger charge is -2.21. The van der Waals surface area contributed by atoms with Crippen molar-refractivity contribution in [3.8, 4) is 0 Å². The minimum atomic E-state index is -2.87. The van der Waals surface area contributed by atoms with Crippen molar-refractivity contribution in [3.63, 3.8) is 0 Å². The fraction of sp³-hybridized carbons (Fsp3) is 1.00. The van der Waals surface area contributed by atoms with Gasteiger partial charge in [-0.2, -0.15) is 0 Å². The van der Waals surface area contributed by atoms with E-state index in [1.165, 1.54) is 19.3 Å². The monoisotopic (exact) mass is 233 g/mol. The van der Waals surface area contributed by atoms with Gasteiger partial charge in [0.25, 0.3) is 0 Å². The molecule has 1 fully saturated rings. The third kappa shape index (κ3) is 4.98. The maximum atomic E-state index is 11.8. The Hall–Kier alpha value is -0.0900. The predicted octanol–water partition coefficient (Wildman–Crippen LogP) is 1.58. The van der Waals surface area contributed by atoms with E-state index in [0.717, 1.165) is 12.8 Å². The molecule has 0 aromatic rings. The first kappa shape index (κ1) is 13.0. The molecule has 90 valence electrons. The van der Waals surface area contributed by atoms with E-state index >= 15 is 0 Å². The summed E-state index contributed by atoms with van der Waals surface area (Å²) < 4.78 is 23.6. The fourth-order valence-electron chi connectivity index (χ4n) is 2.28. The third-order valence-corrected chi connectivity index (χ3v) is 5.21. The lowest BCUT2D eigenvalue weighted by atomic mass is 9.91. The third-order valence-electron chi connectivity index (χ3n) is 3.16. The first-order valence-electron chi connectivity index (χ1n) is 5.94. The molecule has 0 aliphatic heterocycles. The second-order valence-corrected chi connectivity index (χ2v) is 7.08. The van der Waals surface area contributed by atoms with E-state index in [9.17, 15) is 8.42 Å². The summed E-state index contributed by atoms with van der Waals surface area (Å²) in [5.74, 6) is 1.16. The first-order valence-corrected chi connectivity index (χ1v) is 7.76. The first-order chi connectivity index (χ1) is 7.03. The summed E-state index contributed by atoms with van der Waals surface area (Å²) in [7, 11) is -2.87. The van der Waals surface area contributed by atoms with Gasteiger partial charge in [-0.3, -0.25) is 0 Å². The summed E-state index contributed by atoms with van der Waals surface area (Å²) in [4.78, 5) is 0. The van der Waals surface area contributed by atoms with Gasteiger partial charge >= 0.3 is 0 Å². The van der Waals surface area contributed by atoms with Crippen molar-refractivity contribution in [3.05, 3.63) is 0 Å². The predicted molar refractivity (Wildman–Crippen MR) is 63.4 cm³/mol. The average molecular weight is 233 g/mol. The molecular weight excluding hydrogens is 210 g/mol. The molecule has 1 unspecified atom stereocenters. The topological polar surface area (TPSA) is 60.2 Å². The van der Waals surface area contributed by atoms with Gasteiger partial charge in [0.1, 0.15) is 0 Å². The highest BCUT2D eigenvalue weighted by molar-refractivity contribution is 7.91. The SMILES string of the molecule is CC(CN)CS(=O)(=O)CC1CCCCC1. The summed E-state index contributed by atoms with van der Waals surface area (Å²) >= 11 is 0. The van der Waals surface area contributed by atoms with Gasteiger partial charge in [-0.15, -0.1) is 0 Å². The van der Waals surface area contributed by atoms with E-state index in [4.69, 9.17) is 5.73 Å². The van der Waals surface area contributed by atoms with Gasteiger partial charge in [0, 0.05) is 0 Å². The molecule has 1 aliphatic carbocycles. The van der Waals surface area contributed by atoms with Crippen LogP contribution >= 0.6 is 0 Å². The lowest BCUT2D eigenvalue weighted by molar-refractivity contribution is 0.384. The van der Waals surface area contributed by atoms with Crippen molar-refractivity contribution in [1.82, 2.24) is 0 Å². The van der Waals surface area contributed by atoms with E-state index in [2.05, 4.69) is 0 Å². The van der Waals surface area contributed by atoms with Crippen molar-refractivity contribution in [1.29, 1.82) is 0 Å². The van der Waals surface area contributed by atoms with Crippen LogP contribution in [0.4, 0.5) is 0 Å². The van der Waals surface area contributed by atoms with Crippen LogP contribution in [0.15, 0.2) is 0 Å². The van der Waals surface area contributed by atoms with Gasteiger partial charge in [0.15, 0.2) is 9.84 Å². The zero-order valence-electron chi connectivity index (χ0n) is 9.61. The van der Waals surface area contributed by atoms with Gasteiger partial charge < -0.3 is 5.73 Å². The largest absolute Gasteiger partial charge is 0.330 e. The zero-order chi connectivity index (χ0) is 11.3. The van der Waals surface area contributed by atoms with Crippen LogP contribution in [0.5, 0.6) is 0 Å². The molecule has 4 heteroatoms. The highest BCUT2D eigenvalue weighted by Gasteiger charge is 2.22. The summed E-state index contributed by atoms with van der Waals surface area (Å²) in [6, 6.07) is 0. The van der Waals surface area contributed by atoms with Crippen LogP contribution in [0.2, 0.25) is 0 Å². The Morgan fingerprint density at radius 3 is 2.40 bits per heavy atom. The zero-order valence-corrected chi connectivity index (χ0v) is 10.4. The molecule has 1 atom stereocenters. The van der Waals surface area contributed by atoms with Gasteiger partial charge in [-0.1, -0.05) is 26.2 Å². The molecule has 1 saturated carbocycles. The van der Waals surface area contributed by atoms with Crippen LogP contribution in [-0.4, -0.2) is 26.5 Å². The Morgan fingerprint density at radius 2 is 1.87 bits per heavy atom. The number of nitrogens with two attached hydrogens (primary N) is 1. The minimum Gasteiger partial charge on any atom is -0.330 e. The Morgan fingerprint density at radius 1 is 1.27 bits per heavy atom. The molecule has 0 bridgehead atoms. The van der Waals surface area contributed by atoms with Crippen LogP contribution in [0.3, 0.4) is 0 Å². The highest BCUT2D eigenvalue weighted by Crippen LogP contribution is 2.25. The molecule has 0 heterocycles. The molecule has 0 spiro atoms. The molecule has 0 radical (unpaired) electrons. The number of hydrogen-bond acceptors (Lipinski definition) is 3. The number of rotatable bonds is 5. The molecule has 2 N–H and O–H groups in total. The standard InChI is InChI=1S/C11H23NO2S/c1-10(7-12)8-15(13,14)9-11-5-3-2-4-6-11/h10-11H,2-9,12H2,1H3. The molecule has 1 rings (SSSR count). The smallest absolute Gasteiger partial charge is 0.150 e. The molecular formula is C11H23NO2S. The average Bonchev–Trinajstić information content (AvgIpc) is 2.17. The van der Waals surface area contributed by atoms with Crippen molar-refractivity contribution >= 4 is 9.84 Å². The fourth-order valence-corrected chi connectivity index (χ4v) is 4.47. The van der Waals surface area contributed by atoms with Crippen molar-refractivity contribution in [2.45, 2.75) is 39.0 Å². The van der Waals surface area contributed by atoms with Crippen LogP contribution in [0.1, 0.15) is 39.0 Å². The van der Waals surface area contributed by atoms with Crippen LogP contribution in [-0.2, 0) is 9.84 Å². The van der Waals surface area contributed by atoms with E-state index in [1.807, 2.05) is 6.92 Å². The van der Waals surface area contributed by atoms with Gasteiger partial charge in [-0.05, 0) is 31.2 Å². The Balaban J connectivity index is 2.40. The van der Waals surface area contributed by atoms with Crippen LogP contribution < -0.4 is 5.73 Å². The summed E-state index contributed by atoms with van der Waals surface area (Å²) in [6.45, 7) is 2.36. The Kier molecular flexibility index (Phi) is 5.06. The molecule has 15 heavy (non-hydrogen) atoms. The quantitative estimate of drug-likeness (QED) is 0.784. The van der Waals surface area contributed by atoms with E-state index < -0.39 is 9.84 Å². The molecule has 0 aromatic carbocycles. The summed E-state index contributed by atoms with van der Waals surface area (Å²) in [6.07, 6.45) is 5.86. The molecule has 1 aliphatic rings. The molecule has 0 aromatic heterocycles. The summed E-state index contributed by atoms with van der Waals surface area (Å²) in [5.41, 5.74) is 5.45. The van der Waals surface area contributed by atoms with E-state index in [-0.39, 0.29) is 11.7 Å². The van der Waals surface area contributed by atoms with Crippen molar-refractivity contribution in [2.24, 2.45) is 17.6 Å². The van der Waals surface area contributed by atoms with E-state index in [0.29, 0.717) is 18.2 Å². The molecule has 3 nitrogen and oxygen atoms in total. The van der Waals surface area contributed by atoms with Gasteiger partial charge in [0.2, 0.25) is 0 Å². The second-order valence-electron chi connectivity index (χ2n) is 4.92. The molecule has 0 saturated heterocycles. The van der Waals surface area contributed by atoms with Gasteiger partial charge in [-0.25, -0.2) is 8.42 Å². The minimum absolute atomic E-state index is 0.0959. The van der Waals surface area contributed by atoms with E-state index in [1.54, 1.807) is 0 Å². The normalized spacial score (nSPS) is 21.5. The number of sulfone groups is 1. The van der Waals surface area contributed by atoms with Crippen LogP contribution in [0.25, 0.3) is 0 Å². The van der Waals surface area contributed by atoms with Crippen molar-refractivity contribution in [2.75, 3.05) is 18.1 Å². The number of hydrogen-bond donors (Lipinski definition) is 1. The Bertz CT molecular complexity index is 268. The maximum absolute atomic E-state index is 11.8.